The number of nitrogens with zero attached hydrogens (tertiary/aromatic N) is 1. The van der Waals surface area contributed by atoms with Crippen LogP contribution in [0.5, 0.6) is 0 Å². The number of halogens is 2. The van der Waals surface area contributed by atoms with Gasteiger partial charge in [0.05, 0.1) is 17.6 Å². The molecule has 2 N–H and O–H groups in total. The molecule has 0 aliphatic rings. The smallest absolute Gasteiger partial charge is 0.126 e. The number of nitrogens with one attached hydrogen (secondary N) is 2. The van der Waals surface area contributed by atoms with Gasteiger partial charge in [0.1, 0.15) is 5.82 Å². The Hall–Kier alpha value is -1.71. The van der Waals surface area contributed by atoms with E-state index in [1.54, 1.807) is 0 Å². The van der Waals surface area contributed by atoms with Crippen LogP contribution in [0.15, 0.2) is 42.5 Å². The van der Waals surface area contributed by atoms with Crippen molar-refractivity contribution in [3.63, 3.8) is 0 Å². The van der Waals surface area contributed by atoms with Crippen molar-refractivity contribution in [1.82, 2.24) is 9.97 Å². The van der Waals surface area contributed by atoms with Gasteiger partial charge >= 0.3 is 0 Å². The lowest BCUT2D eigenvalue weighted by Crippen LogP contribution is -2.00. The first-order valence-corrected chi connectivity index (χ1v) is 6.60. The number of hydrogen-bond donors (Lipinski definition) is 2. The lowest BCUT2D eigenvalue weighted by molar-refractivity contribution is 1.01. The molecule has 0 radical (unpaired) electrons. The van der Waals surface area contributed by atoms with Gasteiger partial charge in [0.2, 0.25) is 0 Å². The molecule has 96 valence electrons. The fourth-order valence-electron chi connectivity index (χ4n) is 1.87. The Kier molecular flexibility index (Phi) is 3.32. The Bertz CT molecular complexity index is 704. The maximum Gasteiger partial charge on any atom is 0.126 e. The molecule has 0 spiro atoms. The quantitative estimate of drug-likeness (QED) is 0.747. The lowest BCUT2D eigenvalue weighted by Gasteiger charge is -2.03. The monoisotopic (exact) mass is 291 g/mol. The van der Waals surface area contributed by atoms with Gasteiger partial charge in [0.25, 0.3) is 0 Å². The summed E-state index contributed by atoms with van der Waals surface area (Å²) in [6, 6.07) is 13.2. The van der Waals surface area contributed by atoms with Gasteiger partial charge in [-0.3, -0.25) is 0 Å². The molecule has 0 saturated carbocycles. The predicted octanol–water partition coefficient (Wildman–Crippen LogP) is 4.48. The largest absolute Gasteiger partial charge is 0.378 e. The summed E-state index contributed by atoms with van der Waals surface area (Å²) < 4.78 is 0. The maximum absolute atomic E-state index is 5.94. The molecule has 0 bridgehead atoms. The minimum atomic E-state index is 0.619. The highest BCUT2D eigenvalue weighted by molar-refractivity contribution is 6.31. The SMILES string of the molecule is Clc1ccc(NCc2nc3ccc(Cl)cc3[nH]2)cc1. The zero-order valence-corrected chi connectivity index (χ0v) is 11.5. The van der Waals surface area contributed by atoms with Crippen LogP contribution in [0.4, 0.5) is 5.69 Å². The Morgan fingerprint density at radius 2 is 1.74 bits per heavy atom. The summed E-state index contributed by atoms with van der Waals surface area (Å²) >= 11 is 11.8. The van der Waals surface area contributed by atoms with Crippen LogP contribution in [0.1, 0.15) is 5.82 Å². The zero-order valence-electron chi connectivity index (χ0n) is 9.95. The fourth-order valence-corrected chi connectivity index (χ4v) is 2.17. The molecule has 3 aromatic rings. The summed E-state index contributed by atoms with van der Waals surface area (Å²) in [4.78, 5) is 7.72. The number of aromatic amines is 1. The molecule has 0 unspecified atom stereocenters. The van der Waals surface area contributed by atoms with Crippen LogP contribution in [0.2, 0.25) is 10.0 Å². The van der Waals surface area contributed by atoms with E-state index in [0.717, 1.165) is 27.6 Å². The number of anilines is 1. The van der Waals surface area contributed by atoms with Gasteiger partial charge in [-0.25, -0.2) is 4.98 Å². The first-order valence-electron chi connectivity index (χ1n) is 5.84. The first-order chi connectivity index (χ1) is 9.20. The van der Waals surface area contributed by atoms with Crippen molar-refractivity contribution in [3.8, 4) is 0 Å². The molecule has 1 heterocycles. The maximum atomic E-state index is 5.94. The second-order valence-electron chi connectivity index (χ2n) is 4.21. The number of imidazole rings is 1. The zero-order chi connectivity index (χ0) is 13.2. The van der Waals surface area contributed by atoms with E-state index in [-0.39, 0.29) is 0 Å². The van der Waals surface area contributed by atoms with Crippen LogP contribution < -0.4 is 5.32 Å². The number of H-pyrrole nitrogens is 1. The third-order valence-corrected chi connectivity index (χ3v) is 3.28. The van der Waals surface area contributed by atoms with Crippen LogP contribution in [-0.2, 0) is 6.54 Å². The van der Waals surface area contributed by atoms with Gasteiger partial charge in [-0.2, -0.15) is 0 Å². The van der Waals surface area contributed by atoms with E-state index in [1.807, 2.05) is 42.5 Å². The van der Waals surface area contributed by atoms with Gasteiger partial charge in [0, 0.05) is 15.7 Å². The third-order valence-electron chi connectivity index (χ3n) is 2.80. The van der Waals surface area contributed by atoms with Crippen molar-refractivity contribution in [2.24, 2.45) is 0 Å². The summed E-state index contributed by atoms with van der Waals surface area (Å²) in [5.74, 6) is 0.868. The van der Waals surface area contributed by atoms with Crippen molar-refractivity contribution < 1.29 is 0 Å². The molecule has 0 saturated heterocycles. The summed E-state index contributed by atoms with van der Waals surface area (Å²) in [7, 11) is 0. The van der Waals surface area contributed by atoms with E-state index in [2.05, 4.69) is 15.3 Å². The van der Waals surface area contributed by atoms with Gasteiger partial charge in [-0.15, -0.1) is 0 Å². The molecule has 0 aliphatic heterocycles. The van der Waals surface area contributed by atoms with Crippen molar-refractivity contribution in [1.29, 1.82) is 0 Å². The Balaban J connectivity index is 1.76. The number of aromatic nitrogens is 2. The van der Waals surface area contributed by atoms with Crippen LogP contribution in [0.25, 0.3) is 11.0 Å². The lowest BCUT2D eigenvalue weighted by atomic mass is 10.3. The minimum absolute atomic E-state index is 0.619. The Labute approximate surface area is 120 Å². The standard InChI is InChI=1S/C14H11Cl2N3/c15-9-1-4-11(5-2-9)17-8-14-18-12-6-3-10(16)7-13(12)19-14/h1-7,17H,8H2,(H,18,19). The molecule has 1 aromatic heterocycles. The Morgan fingerprint density at radius 1 is 1.00 bits per heavy atom. The van der Waals surface area contributed by atoms with E-state index in [0.29, 0.717) is 11.6 Å². The van der Waals surface area contributed by atoms with Gasteiger partial charge in [-0.05, 0) is 42.5 Å². The van der Waals surface area contributed by atoms with E-state index >= 15 is 0 Å². The number of rotatable bonds is 3. The van der Waals surface area contributed by atoms with E-state index < -0.39 is 0 Å². The molecule has 0 amide bonds. The predicted molar refractivity (Wildman–Crippen MR) is 79.9 cm³/mol. The van der Waals surface area contributed by atoms with Crippen molar-refractivity contribution >= 4 is 39.9 Å². The average molecular weight is 292 g/mol. The van der Waals surface area contributed by atoms with Crippen LogP contribution in [0, 0.1) is 0 Å². The minimum Gasteiger partial charge on any atom is -0.378 e. The molecule has 19 heavy (non-hydrogen) atoms. The van der Waals surface area contributed by atoms with Gasteiger partial charge in [0.15, 0.2) is 0 Å². The molecule has 0 fully saturated rings. The molecule has 3 nitrogen and oxygen atoms in total. The Morgan fingerprint density at radius 3 is 2.53 bits per heavy atom. The molecular formula is C14H11Cl2N3. The normalized spacial score (nSPS) is 10.8. The van der Waals surface area contributed by atoms with Gasteiger partial charge in [-0.1, -0.05) is 23.2 Å². The van der Waals surface area contributed by atoms with Gasteiger partial charge < -0.3 is 10.3 Å². The second-order valence-corrected chi connectivity index (χ2v) is 5.08. The summed E-state index contributed by atoms with van der Waals surface area (Å²) in [6.07, 6.45) is 0. The van der Waals surface area contributed by atoms with Crippen LogP contribution in [0.3, 0.4) is 0 Å². The highest BCUT2D eigenvalue weighted by Crippen LogP contribution is 2.18. The molecule has 3 rings (SSSR count). The van der Waals surface area contributed by atoms with E-state index in [1.165, 1.54) is 0 Å². The number of fused-ring (bicyclic) bond motifs is 1. The van der Waals surface area contributed by atoms with E-state index in [9.17, 15) is 0 Å². The topological polar surface area (TPSA) is 40.7 Å². The molecule has 0 atom stereocenters. The first kappa shape index (κ1) is 12.3. The number of hydrogen-bond acceptors (Lipinski definition) is 2. The fraction of sp³-hybridized carbons (Fsp3) is 0.0714. The highest BCUT2D eigenvalue weighted by Gasteiger charge is 2.03. The average Bonchev–Trinajstić information content (AvgIpc) is 2.80. The molecular weight excluding hydrogens is 281 g/mol. The summed E-state index contributed by atoms with van der Waals surface area (Å²) in [5.41, 5.74) is 2.86. The number of benzene rings is 2. The second kappa shape index (κ2) is 5.11. The molecule has 0 aliphatic carbocycles. The molecule has 2 aromatic carbocycles. The van der Waals surface area contributed by atoms with Crippen molar-refractivity contribution in [2.45, 2.75) is 6.54 Å². The third kappa shape index (κ3) is 2.83. The van der Waals surface area contributed by atoms with Crippen molar-refractivity contribution in [2.75, 3.05) is 5.32 Å². The highest BCUT2D eigenvalue weighted by atomic mass is 35.5. The molecule has 5 heteroatoms. The van der Waals surface area contributed by atoms with Crippen molar-refractivity contribution in [3.05, 3.63) is 58.3 Å². The summed E-state index contributed by atoms with van der Waals surface area (Å²) in [5, 5.41) is 4.71. The van der Waals surface area contributed by atoms with Crippen LogP contribution in [-0.4, -0.2) is 9.97 Å². The van der Waals surface area contributed by atoms with Crippen LogP contribution >= 0.6 is 23.2 Å². The van der Waals surface area contributed by atoms with E-state index in [4.69, 9.17) is 23.2 Å². The summed E-state index contributed by atoms with van der Waals surface area (Å²) in [6.45, 7) is 0.619.